The molecule has 0 heterocycles. The Morgan fingerprint density at radius 1 is 1.04 bits per heavy atom. The number of amides is 1. The molecule has 1 N–H and O–H groups in total. The number of ether oxygens (including phenoxy) is 1. The molecule has 0 spiro atoms. The fraction of sp³-hybridized carbons (Fsp3) is 0.300. The van der Waals surface area contributed by atoms with Crippen LogP contribution in [0.1, 0.15) is 29.8 Å². The fourth-order valence-electron chi connectivity index (χ4n) is 2.56. The van der Waals surface area contributed by atoms with E-state index in [0.717, 1.165) is 24.3 Å². The van der Waals surface area contributed by atoms with Gasteiger partial charge in [0.05, 0.1) is 21.3 Å². The molecule has 0 aliphatic heterocycles. The van der Waals surface area contributed by atoms with Gasteiger partial charge in [-0.3, -0.25) is 4.79 Å². The quantitative estimate of drug-likeness (QED) is 0.658. The maximum absolute atomic E-state index is 12.1. The molecule has 27 heavy (non-hydrogen) atoms. The summed E-state index contributed by atoms with van der Waals surface area (Å²) in [5.41, 5.74) is 2.49. The maximum atomic E-state index is 12.1. The Morgan fingerprint density at radius 2 is 1.67 bits per heavy atom. The van der Waals surface area contributed by atoms with E-state index in [0.29, 0.717) is 21.3 Å². The predicted octanol–water partition coefficient (Wildman–Crippen LogP) is 4.94. The molecule has 0 atom stereocenters. The van der Waals surface area contributed by atoms with Crippen molar-refractivity contribution in [3.8, 4) is 0 Å². The van der Waals surface area contributed by atoms with Gasteiger partial charge in [-0.15, -0.1) is 0 Å². The molecule has 2 aromatic carbocycles. The number of carbonyl (C=O) groups is 2. The predicted molar refractivity (Wildman–Crippen MR) is 110 cm³/mol. The summed E-state index contributed by atoms with van der Waals surface area (Å²) in [5, 5.41) is 3.25. The zero-order valence-electron chi connectivity index (χ0n) is 15.5. The minimum absolute atomic E-state index is 0.308. The van der Waals surface area contributed by atoms with Gasteiger partial charge in [-0.05, 0) is 56.7 Å². The summed E-state index contributed by atoms with van der Waals surface area (Å²) < 4.78 is 5.07. The highest BCUT2D eigenvalue weighted by Gasteiger charge is 2.15. The third-order valence-corrected chi connectivity index (χ3v) is 4.92. The van der Waals surface area contributed by atoms with Gasteiger partial charge < -0.3 is 15.0 Å². The summed E-state index contributed by atoms with van der Waals surface area (Å²) in [4.78, 5) is 26.4. The Bertz CT molecular complexity index is 819. The molecule has 0 aromatic heterocycles. The molecule has 0 aliphatic carbocycles. The highest BCUT2D eigenvalue weighted by molar-refractivity contribution is 6.40. The number of carbonyl (C=O) groups excluding carboxylic acids is 2. The van der Waals surface area contributed by atoms with E-state index in [4.69, 9.17) is 27.9 Å². The Kier molecular flexibility index (Phi) is 7.51. The first-order valence-corrected chi connectivity index (χ1v) is 9.39. The summed E-state index contributed by atoms with van der Waals surface area (Å²) in [6.07, 6.45) is 0. The van der Waals surface area contributed by atoms with Gasteiger partial charge in [0, 0.05) is 18.8 Å². The van der Waals surface area contributed by atoms with Crippen molar-refractivity contribution in [1.82, 2.24) is 0 Å². The third-order valence-electron chi connectivity index (χ3n) is 4.11. The lowest BCUT2D eigenvalue weighted by molar-refractivity contribution is -0.119. The molecule has 2 rings (SSSR count). The standard InChI is InChI=1S/C20H22Cl2N2O3/c1-4-24(5-2)15-9-7-14(8-10-15)20(26)27-12-17(25)23-19-16(21)11-6-13(3)18(19)22/h6-11H,4-5,12H2,1-3H3,(H,23,25). The van der Waals surface area contributed by atoms with E-state index in [1.165, 1.54) is 0 Å². The molecule has 144 valence electrons. The molecule has 5 nitrogen and oxygen atoms in total. The van der Waals surface area contributed by atoms with Crippen LogP contribution >= 0.6 is 23.2 Å². The summed E-state index contributed by atoms with van der Waals surface area (Å²) in [6.45, 7) is 7.26. The Balaban J connectivity index is 1.95. The molecule has 0 bridgehead atoms. The molecule has 0 saturated heterocycles. The first-order chi connectivity index (χ1) is 12.9. The van der Waals surface area contributed by atoms with Crippen LogP contribution in [-0.2, 0) is 9.53 Å². The van der Waals surface area contributed by atoms with Crippen molar-refractivity contribution < 1.29 is 14.3 Å². The lowest BCUT2D eigenvalue weighted by Gasteiger charge is -2.20. The summed E-state index contributed by atoms with van der Waals surface area (Å²) >= 11 is 12.2. The van der Waals surface area contributed by atoms with Gasteiger partial charge in [0.15, 0.2) is 6.61 Å². The van der Waals surface area contributed by atoms with E-state index in [1.54, 1.807) is 31.2 Å². The topological polar surface area (TPSA) is 58.6 Å². The molecule has 0 unspecified atom stereocenters. The molecule has 0 saturated carbocycles. The fourth-order valence-corrected chi connectivity index (χ4v) is 3.02. The van der Waals surface area contributed by atoms with Gasteiger partial charge in [-0.25, -0.2) is 4.79 Å². The normalized spacial score (nSPS) is 10.4. The van der Waals surface area contributed by atoms with Crippen molar-refractivity contribution in [3.05, 3.63) is 57.6 Å². The monoisotopic (exact) mass is 408 g/mol. The second kappa shape index (κ2) is 9.62. The van der Waals surface area contributed by atoms with Gasteiger partial charge in [-0.2, -0.15) is 0 Å². The zero-order chi connectivity index (χ0) is 20.0. The number of anilines is 2. The van der Waals surface area contributed by atoms with Crippen LogP contribution in [0.25, 0.3) is 0 Å². The number of benzene rings is 2. The van der Waals surface area contributed by atoms with Gasteiger partial charge in [-0.1, -0.05) is 29.3 Å². The number of rotatable bonds is 7. The van der Waals surface area contributed by atoms with Crippen molar-refractivity contribution >= 4 is 46.5 Å². The SMILES string of the molecule is CCN(CC)c1ccc(C(=O)OCC(=O)Nc2c(Cl)ccc(C)c2Cl)cc1. The van der Waals surface area contributed by atoms with Crippen molar-refractivity contribution in [2.45, 2.75) is 20.8 Å². The van der Waals surface area contributed by atoms with E-state index in [9.17, 15) is 9.59 Å². The van der Waals surface area contributed by atoms with Crippen LogP contribution in [0.2, 0.25) is 10.0 Å². The number of esters is 1. The van der Waals surface area contributed by atoms with E-state index < -0.39 is 18.5 Å². The molecule has 0 aliphatic rings. The minimum Gasteiger partial charge on any atom is -0.452 e. The molecule has 0 fully saturated rings. The Hall–Kier alpha value is -2.24. The van der Waals surface area contributed by atoms with Crippen LogP contribution in [0, 0.1) is 6.92 Å². The first kappa shape index (κ1) is 21.1. The average Bonchev–Trinajstić information content (AvgIpc) is 2.68. The highest BCUT2D eigenvalue weighted by atomic mass is 35.5. The minimum atomic E-state index is -0.572. The van der Waals surface area contributed by atoms with Crippen LogP contribution in [0.4, 0.5) is 11.4 Å². The molecule has 2 aromatic rings. The van der Waals surface area contributed by atoms with Crippen LogP contribution in [0.3, 0.4) is 0 Å². The van der Waals surface area contributed by atoms with E-state index in [-0.39, 0.29) is 0 Å². The van der Waals surface area contributed by atoms with Gasteiger partial charge >= 0.3 is 5.97 Å². The third kappa shape index (κ3) is 5.37. The highest BCUT2D eigenvalue weighted by Crippen LogP contribution is 2.32. The van der Waals surface area contributed by atoms with E-state index in [1.807, 2.05) is 12.1 Å². The summed E-state index contributed by atoms with van der Waals surface area (Å²) in [5.74, 6) is -1.09. The number of nitrogens with zero attached hydrogens (tertiary/aromatic N) is 1. The number of nitrogens with one attached hydrogen (secondary N) is 1. The molecule has 1 amide bonds. The lowest BCUT2D eigenvalue weighted by Crippen LogP contribution is -2.22. The first-order valence-electron chi connectivity index (χ1n) is 8.63. The van der Waals surface area contributed by atoms with Crippen LogP contribution in [0.5, 0.6) is 0 Å². The number of hydrogen-bond acceptors (Lipinski definition) is 4. The molecule has 7 heteroatoms. The van der Waals surface area contributed by atoms with E-state index >= 15 is 0 Å². The van der Waals surface area contributed by atoms with Crippen LogP contribution in [0.15, 0.2) is 36.4 Å². The molecular formula is C20H22Cl2N2O3. The van der Waals surface area contributed by atoms with Gasteiger partial charge in [0.1, 0.15) is 0 Å². The van der Waals surface area contributed by atoms with Crippen molar-refractivity contribution in [2.24, 2.45) is 0 Å². The van der Waals surface area contributed by atoms with Crippen LogP contribution < -0.4 is 10.2 Å². The van der Waals surface area contributed by atoms with Crippen molar-refractivity contribution in [2.75, 3.05) is 29.9 Å². The van der Waals surface area contributed by atoms with Crippen molar-refractivity contribution in [3.63, 3.8) is 0 Å². The Labute approximate surface area is 169 Å². The van der Waals surface area contributed by atoms with Gasteiger partial charge in [0.25, 0.3) is 5.91 Å². The molecule has 0 radical (unpaired) electrons. The second-order valence-corrected chi connectivity index (χ2v) is 6.68. The number of hydrogen-bond donors (Lipinski definition) is 1. The summed E-state index contributed by atoms with van der Waals surface area (Å²) in [7, 11) is 0. The molecular weight excluding hydrogens is 387 g/mol. The summed E-state index contributed by atoms with van der Waals surface area (Å²) in [6, 6.07) is 10.5. The Morgan fingerprint density at radius 3 is 2.26 bits per heavy atom. The van der Waals surface area contributed by atoms with E-state index in [2.05, 4.69) is 24.1 Å². The van der Waals surface area contributed by atoms with Crippen molar-refractivity contribution in [1.29, 1.82) is 0 Å². The maximum Gasteiger partial charge on any atom is 0.338 e. The van der Waals surface area contributed by atoms with Gasteiger partial charge in [0.2, 0.25) is 0 Å². The average molecular weight is 409 g/mol. The second-order valence-electron chi connectivity index (χ2n) is 5.90. The number of aryl methyl sites for hydroxylation is 1. The smallest absolute Gasteiger partial charge is 0.338 e. The largest absolute Gasteiger partial charge is 0.452 e. The van der Waals surface area contributed by atoms with Crippen LogP contribution in [-0.4, -0.2) is 31.6 Å². The lowest BCUT2D eigenvalue weighted by atomic mass is 10.2. The number of halogens is 2. The zero-order valence-corrected chi connectivity index (χ0v) is 17.0.